The molecule has 3 fully saturated rings. The molecule has 1 aromatic carbocycles. The molecule has 3 aliphatic rings. The molecule has 0 radical (unpaired) electrons. The summed E-state index contributed by atoms with van der Waals surface area (Å²) >= 11 is 6.45. The fourth-order valence-corrected chi connectivity index (χ4v) is 5.71. The van der Waals surface area contributed by atoms with E-state index in [1.165, 1.54) is 0 Å². The molecule has 5 nitrogen and oxygen atoms in total. The lowest BCUT2D eigenvalue weighted by atomic mass is 9.85. The number of hydrogen-bond acceptors (Lipinski definition) is 4. The van der Waals surface area contributed by atoms with E-state index in [2.05, 4.69) is 18.7 Å². The molecule has 186 valence electrons. The third-order valence-corrected chi connectivity index (χ3v) is 8.33. The van der Waals surface area contributed by atoms with Crippen molar-refractivity contribution in [1.29, 1.82) is 0 Å². The van der Waals surface area contributed by atoms with Gasteiger partial charge in [-0.15, -0.1) is 0 Å². The highest BCUT2D eigenvalue weighted by atomic mass is 35.5. The van der Waals surface area contributed by atoms with Crippen molar-refractivity contribution in [3.8, 4) is 0 Å². The van der Waals surface area contributed by atoms with Crippen molar-refractivity contribution in [3.63, 3.8) is 0 Å². The van der Waals surface area contributed by atoms with E-state index in [1.807, 2.05) is 0 Å². The number of hydrogen-bond donors (Lipinski definition) is 0. The normalized spacial score (nSPS) is 22.7. The summed E-state index contributed by atoms with van der Waals surface area (Å²) in [4.78, 5) is 17.3. The Morgan fingerprint density at radius 1 is 1.21 bits per heavy atom. The summed E-state index contributed by atoms with van der Waals surface area (Å²) in [6.07, 6.45) is -1.22. The van der Waals surface area contributed by atoms with Crippen molar-refractivity contribution in [1.82, 2.24) is 9.80 Å². The highest BCUT2D eigenvalue weighted by molar-refractivity contribution is 6.38. The Balaban J connectivity index is 1.32. The van der Waals surface area contributed by atoms with Gasteiger partial charge in [-0.05, 0) is 69.1 Å². The molecule has 0 bridgehead atoms. The van der Waals surface area contributed by atoms with Crippen molar-refractivity contribution in [2.75, 3.05) is 33.3 Å². The minimum absolute atomic E-state index is 0.0251. The van der Waals surface area contributed by atoms with Gasteiger partial charge in [-0.1, -0.05) is 11.6 Å². The van der Waals surface area contributed by atoms with Crippen LogP contribution in [0.15, 0.2) is 16.5 Å². The zero-order chi connectivity index (χ0) is 24.4. The van der Waals surface area contributed by atoms with E-state index in [0.717, 1.165) is 44.8 Å². The Morgan fingerprint density at radius 3 is 2.41 bits per heavy atom. The zero-order valence-corrected chi connectivity index (χ0v) is 20.4. The first-order valence-electron chi connectivity index (χ1n) is 11.9. The van der Waals surface area contributed by atoms with Gasteiger partial charge < -0.3 is 14.1 Å². The molecule has 1 atom stereocenters. The van der Waals surface area contributed by atoms with Crippen LogP contribution in [-0.4, -0.2) is 60.6 Å². The Labute approximate surface area is 202 Å². The summed E-state index contributed by atoms with van der Waals surface area (Å²) in [6.45, 7) is 7.15. The number of piperidine rings is 1. The summed E-state index contributed by atoms with van der Waals surface area (Å²) in [6, 6.07) is 3.18. The van der Waals surface area contributed by atoms with Crippen LogP contribution in [0.5, 0.6) is 0 Å². The van der Waals surface area contributed by atoms with E-state index in [0.29, 0.717) is 30.6 Å². The fourth-order valence-electron chi connectivity index (χ4n) is 5.45. The quantitative estimate of drug-likeness (QED) is 0.511. The lowest BCUT2D eigenvalue weighted by molar-refractivity contribution is -0.137. The third-order valence-electron chi connectivity index (χ3n) is 7.95. The minimum atomic E-state index is -4.59. The molecule has 2 aromatic rings. The van der Waals surface area contributed by atoms with Crippen molar-refractivity contribution >= 4 is 28.5 Å². The first kappa shape index (κ1) is 23.9. The maximum Gasteiger partial charge on any atom is 0.420 e. The van der Waals surface area contributed by atoms with Crippen molar-refractivity contribution < 1.29 is 27.1 Å². The number of carbonyl (C=O) groups excluding carboxylic acids is 1. The number of benzene rings is 1. The molecule has 34 heavy (non-hydrogen) atoms. The number of likely N-dealkylation sites (tertiary alicyclic amines) is 2. The third kappa shape index (κ3) is 4.22. The smallest absolute Gasteiger partial charge is 0.420 e. The van der Waals surface area contributed by atoms with Crippen LogP contribution in [0.3, 0.4) is 0 Å². The van der Waals surface area contributed by atoms with E-state index in [1.54, 1.807) is 18.1 Å². The van der Waals surface area contributed by atoms with Gasteiger partial charge in [-0.3, -0.25) is 9.69 Å². The lowest BCUT2D eigenvalue weighted by Gasteiger charge is -2.52. The Bertz CT molecular complexity index is 1100. The van der Waals surface area contributed by atoms with Gasteiger partial charge in [0, 0.05) is 44.7 Å². The molecule has 2 saturated heterocycles. The summed E-state index contributed by atoms with van der Waals surface area (Å²) in [5, 5.41) is 0.146. The summed E-state index contributed by atoms with van der Waals surface area (Å²) in [5.74, 6) is -0.0798. The molecule has 1 unspecified atom stereocenters. The van der Waals surface area contributed by atoms with E-state index in [9.17, 15) is 18.0 Å². The van der Waals surface area contributed by atoms with Crippen LogP contribution in [0.2, 0.25) is 5.02 Å². The molecule has 3 heterocycles. The fraction of sp³-hybridized carbons (Fsp3) is 0.640. The Morgan fingerprint density at radius 2 is 1.85 bits per heavy atom. The maximum absolute atomic E-state index is 13.8. The van der Waals surface area contributed by atoms with Crippen LogP contribution in [0.25, 0.3) is 11.0 Å². The van der Waals surface area contributed by atoms with Gasteiger partial charge in [0.25, 0.3) is 5.91 Å². The first-order valence-corrected chi connectivity index (χ1v) is 12.3. The number of methoxy groups -OCH3 is 1. The van der Waals surface area contributed by atoms with Gasteiger partial charge in [0.1, 0.15) is 5.58 Å². The van der Waals surface area contributed by atoms with Crippen LogP contribution in [0.4, 0.5) is 13.2 Å². The van der Waals surface area contributed by atoms with Gasteiger partial charge in [-0.2, -0.15) is 13.2 Å². The number of halogens is 4. The molecule has 1 aromatic heterocycles. The monoisotopic (exact) mass is 498 g/mol. The molecule has 9 heteroatoms. The van der Waals surface area contributed by atoms with Crippen LogP contribution < -0.4 is 0 Å². The van der Waals surface area contributed by atoms with Crippen molar-refractivity contribution in [2.24, 2.45) is 5.92 Å². The predicted octanol–water partition coefficient (Wildman–Crippen LogP) is 5.94. The van der Waals surface area contributed by atoms with Crippen molar-refractivity contribution in [3.05, 3.63) is 34.0 Å². The van der Waals surface area contributed by atoms with E-state index >= 15 is 0 Å². The highest BCUT2D eigenvalue weighted by Crippen LogP contribution is 2.47. The summed E-state index contributed by atoms with van der Waals surface area (Å²) in [7, 11) is 1.74. The first-order chi connectivity index (χ1) is 16.0. The largest absolute Gasteiger partial charge is 0.449 e. The molecule has 5 rings (SSSR count). The highest BCUT2D eigenvalue weighted by Gasteiger charge is 2.44. The molecule has 1 amide bonds. The SMILES string of the molecule is COC1(C)CN(C(C)C2CCN(C(=O)c3oc4c(C(F)(F)F)cc(C5CC5)cc4c3Cl)CC2)C1. The molecule has 0 N–H and O–H groups in total. The maximum atomic E-state index is 13.8. The van der Waals surface area contributed by atoms with Gasteiger partial charge in [-0.25, -0.2) is 0 Å². The zero-order valence-electron chi connectivity index (χ0n) is 19.7. The van der Waals surface area contributed by atoms with Gasteiger partial charge >= 0.3 is 6.18 Å². The molecule has 2 aliphatic heterocycles. The van der Waals surface area contributed by atoms with E-state index in [4.69, 9.17) is 20.8 Å². The average Bonchev–Trinajstić information content (AvgIpc) is 3.59. The van der Waals surface area contributed by atoms with Crippen LogP contribution >= 0.6 is 11.6 Å². The second-order valence-electron chi connectivity index (χ2n) is 10.4. The number of alkyl halides is 3. The number of amides is 1. The second-order valence-corrected chi connectivity index (χ2v) is 10.8. The van der Waals surface area contributed by atoms with Crippen molar-refractivity contribution in [2.45, 2.75) is 63.3 Å². The summed E-state index contributed by atoms with van der Waals surface area (Å²) in [5.41, 5.74) is -0.699. The van der Waals surface area contributed by atoms with Gasteiger partial charge in [0.05, 0.1) is 16.2 Å². The predicted molar refractivity (Wildman–Crippen MR) is 123 cm³/mol. The second kappa shape index (κ2) is 8.42. The molecular formula is C25H30ClF3N2O3. The minimum Gasteiger partial charge on any atom is -0.449 e. The Kier molecular flexibility index (Phi) is 5.93. The average molecular weight is 499 g/mol. The van der Waals surface area contributed by atoms with Gasteiger partial charge in [0.2, 0.25) is 5.76 Å². The van der Waals surface area contributed by atoms with Gasteiger partial charge in [0.15, 0.2) is 0 Å². The molecule has 0 spiro atoms. The van der Waals surface area contributed by atoms with E-state index < -0.39 is 17.6 Å². The summed E-state index contributed by atoms with van der Waals surface area (Å²) < 4.78 is 52.3. The number of nitrogens with zero attached hydrogens (tertiary/aromatic N) is 2. The molecule has 1 aliphatic carbocycles. The van der Waals surface area contributed by atoms with Crippen LogP contribution in [-0.2, 0) is 10.9 Å². The van der Waals surface area contributed by atoms with Crippen LogP contribution in [0.1, 0.15) is 67.1 Å². The number of ether oxygens (including phenoxy) is 1. The molecular weight excluding hydrogens is 469 g/mol. The number of furan rings is 1. The molecule has 1 saturated carbocycles. The Hall–Kier alpha value is -1.77. The topological polar surface area (TPSA) is 45.9 Å². The van der Waals surface area contributed by atoms with Crippen LogP contribution in [0, 0.1) is 5.92 Å². The number of carbonyl (C=O) groups is 1. The standard InChI is InChI=1S/C25H30ClF3N2O3/c1-14(31-12-24(2,13-31)33-3)15-6-8-30(9-7-15)23(32)22-20(26)18-10-17(16-4-5-16)11-19(21(18)34-22)25(27,28)29/h10-11,14-16H,4-9,12-13H2,1-3H3. The van der Waals surface area contributed by atoms with E-state index in [-0.39, 0.29) is 33.3 Å². The number of rotatable bonds is 5. The lowest BCUT2D eigenvalue weighted by Crippen LogP contribution is -2.65. The number of fused-ring (bicyclic) bond motifs is 1.